The number of hydrogen-bond acceptors (Lipinski definition) is 6. The van der Waals surface area contributed by atoms with Gasteiger partial charge in [0.25, 0.3) is 5.91 Å². The number of nitrogens with zero attached hydrogens (tertiary/aromatic N) is 3. The fourth-order valence-corrected chi connectivity index (χ4v) is 3.14. The van der Waals surface area contributed by atoms with Crippen LogP contribution in [0.5, 0.6) is 0 Å². The predicted molar refractivity (Wildman–Crippen MR) is 97.0 cm³/mol. The van der Waals surface area contributed by atoms with E-state index in [0.717, 1.165) is 12.0 Å². The number of aryl methyl sites for hydroxylation is 1. The topological polar surface area (TPSA) is 86.3 Å². The summed E-state index contributed by atoms with van der Waals surface area (Å²) in [5.41, 5.74) is 5.74. The SMILES string of the molecule is CCc1ccc(C2CC3C(=O)N(CC(=O)NCCOC)N=CN3N2)cc1. The maximum Gasteiger partial charge on any atom is 0.267 e. The predicted octanol–water partition coefficient (Wildman–Crippen LogP) is 0.417. The summed E-state index contributed by atoms with van der Waals surface area (Å²) in [4.78, 5) is 24.6. The van der Waals surface area contributed by atoms with Crippen LogP contribution in [0.2, 0.25) is 0 Å². The Kier molecular flexibility index (Phi) is 5.85. The largest absolute Gasteiger partial charge is 0.383 e. The van der Waals surface area contributed by atoms with E-state index >= 15 is 0 Å². The maximum absolute atomic E-state index is 12.7. The van der Waals surface area contributed by atoms with Crippen molar-refractivity contribution >= 4 is 18.2 Å². The second-order valence-electron chi connectivity index (χ2n) is 6.41. The van der Waals surface area contributed by atoms with Crippen LogP contribution in [0.3, 0.4) is 0 Å². The Morgan fingerprint density at radius 1 is 1.38 bits per heavy atom. The van der Waals surface area contributed by atoms with E-state index in [4.69, 9.17) is 4.74 Å². The normalized spacial score (nSPS) is 21.8. The van der Waals surface area contributed by atoms with Crippen molar-refractivity contribution in [1.29, 1.82) is 0 Å². The van der Waals surface area contributed by atoms with E-state index < -0.39 is 0 Å². The summed E-state index contributed by atoms with van der Waals surface area (Å²) in [6.45, 7) is 2.88. The molecule has 1 aromatic rings. The summed E-state index contributed by atoms with van der Waals surface area (Å²) in [7, 11) is 1.57. The van der Waals surface area contributed by atoms with Crippen molar-refractivity contribution in [2.45, 2.75) is 31.8 Å². The molecule has 2 heterocycles. The van der Waals surface area contributed by atoms with Crippen LogP contribution in [0.1, 0.15) is 30.5 Å². The summed E-state index contributed by atoms with van der Waals surface area (Å²) < 4.78 is 4.89. The Labute approximate surface area is 153 Å². The molecule has 1 aromatic carbocycles. The lowest BCUT2D eigenvalue weighted by atomic mass is 9.99. The monoisotopic (exact) mass is 359 g/mol. The van der Waals surface area contributed by atoms with Crippen molar-refractivity contribution < 1.29 is 14.3 Å². The fourth-order valence-electron chi connectivity index (χ4n) is 3.14. The first kappa shape index (κ1) is 18.3. The van der Waals surface area contributed by atoms with E-state index in [1.54, 1.807) is 18.5 Å². The molecular weight excluding hydrogens is 334 g/mol. The molecule has 0 aromatic heterocycles. The third-order valence-electron chi connectivity index (χ3n) is 4.67. The standard InChI is InChI=1S/C18H25N5O3/c1-3-13-4-6-14(7-5-13)15-10-16-18(25)22(20-12-23(16)21-15)11-17(24)19-8-9-26-2/h4-7,12,15-16,21H,3,8-11H2,1-2H3,(H,19,24). The molecule has 0 spiro atoms. The number of carbonyl (C=O) groups is 2. The first-order valence-electron chi connectivity index (χ1n) is 8.86. The number of amides is 2. The highest BCUT2D eigenvalue weighted by Crippen LogP contribution is 2.29. The third kappa shape index (κ3) is 4.03. The minimum atomic E-state index is -0.352. The summed E-state index contributed by atoms with van der Waals surface area (Å²) in [5.74, 6) is -0.423. The minimum Gasteiger partial charge on any atom is -0.383 e. The molecule has 0 saturated carbocycles. The van der Waals surface area contributed by atoms with Crippen LogP contribution in [0.25, 0.3) is 0 Å². The number of benzene rings is 1. The highest BCUT2D eigenvalue weighted by Gasteiger charge is 2.41. The Morgan fingerprint density at radius 2 is 2.15 bits per heavy atom. The third-order valence-corrected chi connectivity index (χ3v) is 4.67. The molecule has 8 heteroatoms. The van der Waals surface area contributed by atoms with E-state index in [0.29, 0.717) is 19.6 Å². The van der Waals surface area contributed by atoms with Crippen LogP contribution in [-0.4, -0.2) is 61.0 Å². The number of hydrazone groups is 1. The van der Waals surface area contributed by atoms with Gasteiger partial charge in [0.2, 0.25) is 5.91 Å². The van der Waals surface area contributed by atoms with E-state index in [1.807, 2.05) is 0 Å². The quantitative estimate of drug-likeness (QED) is 0.689. The summed E-state index contributed by atoms with van der Waals surface area (Å²) in [6, 6.07) is 8.11. The van der Waals surface area contributed by atoms with Crippen LogP contribution in [-0.2, 0) is 20.7 Å². The Balaban J connectivity index is 1.59. The van der Waals surface area contributed by atoms with Gasteiger partial charge in [-0.15, -0.1) is 0 Å². The molecule has 3 rings (SSSR count). The maximum atomic E-state index is 12.7. The van der Waals surface area contributed by atoms with Gasteiger partial charge in [0.1, 0.15) is 18.9 Å². The van der Waals surface area contributed by atoms with Gasteiger partial charge in [-0.3, -0.25) is 14.6 Å². The van der Waals surface area contributed by atoms with E-state index in [1.165, 1.54) is 10.6 Å². The zero-order chi connectivity index (χ0) is 18.5. The fraction of sp³-hybridized carbons (Fsp3) is 0.500. The second kappa shape index (κ2) is 8.29. The van der Waals surface area contributed by atoms with Gasteiger partial charge >= 0.3 is 0 Å². The van der Waals surface area contributed by atoms with Gasteiger partial charge in [-0.05, 0) is 24.0 Å². The molecule has 140 valence electrons. The number of ether oxygens (including phenoxy) is 1. The van der Waals surface area contributed by atoms with Gasteiger partial charge < -0.3 is 10.1 Å². The molecule has 2 atom stereocenters. The number of methoxy groups -OCH3 is 1. The minimum absolute atomic E-state index is 0.0526. The lowest BCUT2D eigenvalue weighted by Gasteiger charge is -2.29. The molecular formula is C18H25N5O3. The van der Waals surface area contributed by atoms with Crippen molar-refractivity contribution in [3.63, 3.8) is 0 Å². The van der Waals surface area contributed by atoms with Gasteiger partial charge in [-0.25, -0.2) is 10.4 Å². The van der Waals surface area contributed by atoms with Gasteiger partial charge in [-0.2, -0.15) is 5.10 Å². The van der Waals surface area contributed by atoms with Gasteiger partial charge in [0.05, 0.1) is 12.6 Å². The van der Waals surface area contributed by atoms with Crippen molar-refractivity contribution in [1.82, 2.24) is 20.8 Å². The highest BCUT2D eigenvalue weighted by molar-refractivity contribution is 5.91. The first-order valence-corrected chi connectivity index (χ1v) is 8.86. The molecule has 2 amide bonds. The zero-order valence-corrected chi connectivity index (χ0v) is 15.1. The highest BCUT2D eigenvalue weighted by atomic mass is 16.5. The van der Waals surface area contributed by atoms with Crippen LogP contribution in [0.4, 0.5) is 0 Å². The van der Waals surface area contributed by atoms with Gasteiger partial charge in [0, 0.05) is 13.7 Å². The number of nitrogens with one attached hydrogen (secondary N) is 2. The Bertz CT molecular complexity index is 676. The van der Waals surface area contributed by atoms with Crippen molar-refractivity contribution in [2.75, 3.05) is 26.8 Å². The van der Waals surface area contributed by atoms with Crippen LogP contribution < -0.4 is 10.7 Å². The van der Waals surface area contributed by atoms with Gasteiger partial charge in [0.15, 0.2) is 0 Å². The molecule has 26 heavy (non-hydrogen) atoms. The summed E-state index contributed by atoms with van der Waals surface area (Å²) >= 11 is 0. The zero-order valence-electron chi connectivity index (χ0n) is 15.1. The Hall–Kier alpha value is -2.45. The summed E-state index contributed by atoms with van der Waals surface area (Å²) in [5, 5.41) is 9.77. The average Bonchev–Trinajstić information content (AvgIpc) is 3.09. The molecule has 2 aliphatic rings. The van der Waals surface area contributed by atoms with Crippen LogP contribution in [0.15, 0.2) is 29.4 Å². The molecule has 0 aliphatic carbocycles. The molecule has 0 bridgehead atoms. The number of hydrazine groups is 1. The van der Waals surface area contributed by atoms with Crippen molar-refractivity contribution in [3.8, 4) is 0 Å². The average molecular weight is 359 g/mol. The van der Waals surface area contributed by atoms with E-state index in [-0.39, 0.29) is 30.4 Å². The Morgan fingerprint density at radius 3 is 2.85 bits per heavy atom. The lowest BCUT2D eigenvalue weighted by molar-refractivity contribution is -0.140. The molecule has 0 radical (unpaired) electrons. The smallest absolute Gasteiger partial charge is 0.267 e. The molecule has 2 unspecified atom stereocenters. The summed E-state index contributed by atoms with van der Waals surface area (Å²) in [6.07, 6.45) is 3.21. The van der Waals surface area contributed by atoms with Crippen molar-refractivity contribution in [3.05, 3.63) is 35.4 Å². The van der Waals surface area contributed by atoms with Crippen molar-refractivity contribution in [2.24, 2.45) is 5.10 Å². The number of carbonyl (C=O) groups excluding carboxylic acids is 2. The van der Waals surface area contributed by atoms with E-state index in [2.05, 4.69) is 47.0 Å². The lowest BCUT2D eigenvalue weighted by Crippen LogP contribution is -2.52. The second-order valence-corrected chi connectivity index (χ2v) is 6.41. The number of hydrogen-bond donors (Lipinski definition) is 2. The molecule has 1 fully saturated rings. The number of fused-ring (bicyclic) bond motifs is 1. The molecule has 8 nitrogen and oxygen atoms in total. The molecule has 2 N–H and O–H groups in total. The van der Waals surface area contributed by atoms with E-state index in [9.17, 15) is 9.59 Å². The molecule has 1 saturated heterocycles. The van der Waals surface area contributed by atoms with Crippen LogP contribution >= 0.6 is 0 Å². The number of rotatable bonds is 7. The van der Waals surface area contributed by atoms with Gasteiger partial charge in [-0.1, -0.05) is 31.2 Å². The first-order chi connectivity index (χ1) is 12.6. The molecule has 2 aliphatic heterocycles. The van der Waals surface area contributed by atoms with Crippen LogP contribution in [0, 0.1) is 0 Å².